The molecule has 1 amide bonds. The number of anilines is 1. The van der Waals surface area contributed by atoms with Gasteiger partial charge in [-0.05, 0) is 31.9 Å². The van der Waals surface area contributed by atoms with E-state index in [0.717, 1.165) is 19.4 Å². The number of amides is 1. The Morgan fingerprint density at radius 2 is 2.33 bits per heavy atom. The number of hydrogen-bond acceptors (Lipinski definition) is 4. The first-order valence-corrected chi connectivity index (χ1v) is 5.99. The molecule has 5 heteroatoms. The van der Waals surface area contributed by atoms with Gasteiger partial charge in [0.15, 0.2) is 5.75 Å². The van der Waals surface area contributed by atoms with Crippen LogP contribution in [-0.2, 0) is 4.74 Å². The van der Waals surface area contributed by atoms with Crippen LogP contribution in [0.15, 0.2) is 18.2 Å². The van der Waals surface area contributed by atoms with Gasteiger partial charge in [0, 0.05) is 6.61 Å². The molecule has 1 aromatic carbocycles. The van der Waals surface area contributed by atoms with Gasteiger partial charge in [-0.15, -0.1) is 0 Å². The molecule has 98 valence electrons. The largest absolute Gasteiger partial charge is 0.505 e. The number of aromatic hydroxyl groups is 1. The van der Waals surface area contributed by atoms with Crippen LogP contribution in [0.4, 0.5) is 5.69 Å². The van der Waals surface area contributed by atoms with E-state index in [1.807, 2.05) is 6.92 Å². The lowest BCUT2D eigenvalue weighted by molar-refractivity contribution is 0.0272. The third kappa shape index (κ3) is 2.56. The maximum Gasteiger partial charge on any atom is 0.255 e. The number of carbonyl (C=O) groups is 1. The monoisotopic (exact) mass is 250 g/mol. The number of nitrogen functional groups attached to an aromatic ring is 1. The van der Waals surface area contributed by atoms with Crippen LogP contribution in [0, 0.1) is 0 Å². The van der Waals surface area contributed by atoms with E-state index in [-0.39, 0.29) is 28.4 Å². The van der Waals surface area contributed by atoms with Crippen LogP contribution in [0.3, 0.4) is 0 Å². The Hall–Kier alpha value is -1.75. The minimum absolute atomic E-state index is 0.171. The zero-order chi connectivity index (χ0) is 13.2. The average molecular weight is 250 g/mol. The standard InChI is InChI=1S/C13H18N2O3/c1-13(6-3-7-18-8-13)15-12(17)9-4-2-5-10(14)11(9)16/h2,4-5,16H,3,6-8,14H2,1H3,(H,15,17). The lowest BCUT2D eigenvalue weighted by Gasteiger charge is -2.34. The van der Waals surface area contributed by atoms with E-state index in [9.17, 15) is 9.90 Å². The molecule has 2 rings (SSSR count). The van der Waals surface area contributed by atoms with Crippen LogP contribution < -0.4 is 11.1 Å². The molecule has 4 N–H and O–H groups in total. The Balaban J connectivity index is 2.14. The van der Waals surface area contributed by atoms with Crippen molar-refractivity contribution in [2.45, 2.75) is 25.3 Å². The third-order valence-corrected chi connectivity index (χ3v) is 3.17. The molecule has 1 saturated heterocycles. The first kappa shape index (κ1) is 12.7. The molecular formula is C13H18N2O3. The molecule has 1 heterocycles. The number of carbonyl (C=O) groups excluding carboxylic acids is 1. The summed E-state index contributed by atoms with van der Waals surface area (Å²) in [5.74, 6) is -0.497. The van der Waals surface area contributed by atoms with Crippen molar-refractivity contribution in [2.75, 3.05) is 18.9 Å². The first-order valence-electron chi connectivity index (χ1n) is 5.99. The van der Waals surface area contributed by atoms with Gasteiger partial charge < -0.3 is 20.9 Å². The second-order valence-electron chi connectivity index (χ2n) is 4.91. The third-order valence-electron chi connectivity index (χ3n) is 3.17. The predicted molar refractivity (Wildman–Crippen MR) is 68.4 cm³/mol. The molecule has 1 unspecified atom stereocenters. The number of phenols is 1. The van der Waals surface area contributed by atoms with Crippen LogP contribution in [0.5, 0.6) is 5.75 Å². The Morgan fingerprint density at radius 1 is 1.56 bits per heavy atom. The summed E-state index contributed by atoms with van der Waals surface area (Å²) in [7, 11) is 0. The lowest BCUT2D eigenvalue weighted by atomic mass is 9.94. The zero-order valence-electron chi connectivity index (χ0n) is 10.4. The molecule has 5 nitrogen and oxygen atoms in total. The van der Waals surface area contributed by atoms with Crippen molar-refractivity contribution in [3.8, 4) is 5.75 Å². The predicted octanol–water partition coefficient (Wildman–Crippen LogP) is 1.27. The molecule has 0 spiro atoms. The SMILES string of the molecule is CC1(NC(=O)c2cccc(N)c2O)CCCOC1. The summed E-state index contributed by atoms with van der Waals surface area (Å²) >= 11 is 0. The fourth-order valence-corrected chi connectivity index (χ4v) is 2.12. The van der Waals surface area contributed by atoms with Gasteiger partial charge in [0.25, 0.3) is 5.91 Å². The number of benzene rings is 1. The number of hydrogen-bond donors (Lipinski definition) is 3. The van der Waals surface area contributed by atoms with E-state index >= 15 is 0 Å². The summed E-state index contributed by atoms with van der Waals surface area (Å²) in [6.45, 7) is 3.16. The summed E-state index contributed by atoms with van der Waals surface area (Å²) in [6.07, 6.45) is 1.78. The Morgan fingerprint density at radius 3 is 3.00 bits per heavy atom. The van der Waals surface area contributed by atoms with Gasteiger partial charge in [-0.3, -0.25) is 4.79 Å². The lowest BCUT2D eigenvalue weighted by Crippen LogP contribution is -2.51. The van der Waals surface area contributed by atoms with Crippen molar-refractivity contribution in [1.29, 1.82) is 0 Å². The number of para-hydroxylation sites is 1. The normalized spacial score (nSPS) is 23.6. The Bertz CT molecular complexity index is 454. The van der Waals surface area contributed by atoms with Crippen LogP contribution in [0.1, 0.15) is 30.1 Å². The number of rotatable bonds is 2. The molecule has 0 aromatic heterocycles. The molecule has 0 bridgehead atoms. The van der Waals surface area contributed by atoms with Gasteiger partial charge >= 0.3 is 0 Å². The van der Waals surface area contributed by atoms with E-state index in [4.69, 9.17) is 10.5 Å². The number of phenolic OH excluding ortho intramolecular Hbond substituents is 1. The number of ether oxygens (including phenoxy) is 1. The minimum atomic E-state index is -0.383. The maximum atomic E-state index is 12.1. The molecule has 0 radical (unpaired) electrons. The minimum Gasteiger partial charge on any atom is -0.505 e. The van der Waals surface area contributed by atoms with Gasteiger partial charge in [0.05, 0.1) is 23.4 Å². The highest BCUT2D eigenvalue weighted by Crippen LogP contribution is 2.26. The van der Waals surface area contributed by atoms with Crippen LogP contribution in [-0.4, -0.2) is 29.8 Å². The molecule has 1 fully saturated rings. The van der Waals surface area contributed by atoms with Gasteiger partial charge in [-0.1, -0.05) is 6.07 Å². The van der Waals surface area contributed by atoms with Crippen LogP contribution in [0.2, 0.25) is 0 Å². The Kier molecular flexibility index (Phi) is 3.43. The molecule has 0 aliphatic carbocycles. The van der Waals surface area contributed by atoms with Crippen molar-refractivity contribution >= 4 is 11.6 Å². The summed E-state index contributed by atoms with van der Waals surface area (Å²) < 4.78 is 5.37. The quantitative estimate of drug-likeness (QED) is 0.545. The number of nitrogens with one attached hydrogen (secondary N) is 1. The van der Waals surface area contributed by atoms with Crippen LogP contribution >= 0.6 is 0 Å². The number of nitrogens with two attached hydrogens (primary N) is 1. The highest BCUT2D eigenvalue weighted by Gasteiger charge is 2.30. The van der Waals surface area contributed by atoms with Crippen LogP contribution in [0.25, 0.3) is 0 Å². The molecule has 1 aliphatic rings. The highest BCUT2D eigenvalue weighted by molar-refractivity contribution is 5.98. The highest BCUT2D eigenvalue weighted by atomic mass is 16.5. The molecule has 1 atom stereocenters. The van der Waals surface area contributed by atoms with Gasteiger partial charge in [0.2, 0.25) is 0 Å². The molecule has 0 saturated carbocycles. The van der Waals surface area contributed by atoms with E-state index in [0.29, 0.717) is 6.61 Å². The van der Waals surface area contributed by atoms with Gasteiger partial charge in [0.1, 0.15) is 0 Å². The van der Waals surface area contributed by atoms with Crippen molar-refractivity contribution in [1.82, 2.24) is 5.32 Å². The van der Waals surface area contributed by atoms with Crippen molar-refractivity contribution in [3.05, 3.63) is 23.8 Å². The zero-order valence-corrected chi connectivity index (χ0v) is 10.4. The molecular weight excluding hydrogens is 232 g/mol. The van der Waals surface area contributed by atoms with E-state index in [1.165, 1.54) is 0 Å². The topological polar surface area (TPSA) is 84.6 Å². The average Bonchev–Trinajstić information content (AvgIpc) is 2.33. The second kappa shape index (κ2) is 4.86. The van der Waals surface area contributed by atoms with E-state index < -0.39 is 0 Å². The Labute approximate surface area is 106 Å². The summed E-state index contributed by atoms with van der Waals surface area (Å²) in [4.78, 5) is 12.1. The fourth-order valence-electron chi connectivity index (χ4n) is 2.12. The molecule has 1 aromatic rings. The van der Waals surface area contributed by atoms with Gasteiger partial charge in [-0.25, -0.2) is 0 Å². The first-order chi connectivity index (χ1) is 8.52. The van der Waals surface area contributed by atoms with Crippen molar-refractivity contribution < 1.29 is 14.6 Å². The fraction of sp³-hybridized carbons (Fsp3) is 0.462. The van der Waals surface area contributed by atoms with Gasteiger partial charge in [-0.2, -0.15) is 0 Å². The summed E-state index contributed by atoms with van der Waals surface area (Å²) in [6, 6.07) is 4.75. The summed E-state index contributed by atoms with van der Waals surface area (Å²) in [5.41, 5.74) is 5.58. The van der Waals surface area contributed by atoms with E-state index in [2.05, 4.69) is 5.32 Å². The van der Waals surface area contributed by atoms with Crippen molar-refractivity contribution in [2.24, 2.45) is 0 Å². The summed E-state index contributed by atoms with van der Waals surface area (Å²) in [5, 5.41) is 12.7. The maximum absolute atomic E-state index is 12.1. The molecule has 18 heavy (non-hydrogen) atoms. The second-order valence-corrected chi connectivity index (χ2v) is 4.91. The smallest absolute Gasteiger partial charge is 0.255 e. The van der Waals surface area contributed by atoms with E-state index in [1.54, 1.807) is 18.2 Å². The molecule has 1 aliphatic heterocycles. The van der Waals surface area contributed by atoms with Crippen molar-refractivity contribution in [3.63, 3.8) is 0 Å².